The van der Waals surface area contributed by atoms with E-state index < -0.39 is 5.69 Å². The molecule has 0 spiro atoms. The maximum absolute atomic E-state index is 12.5. The summed E-state index contributed by atoms with van der Waals surface area (Å²) in [7, 11) is 0. The zero-order chi connectivity index (χ0) is 19.5. The normalized spacial score (nSPS) is 16.8. The molecule has 0 saturated heterocycles. The van der Waals surface area contributed by atoms with E-state index in [1.807, 2.05) is 47.3 Å². The minimum absolute atomic E-state index is 0.135. The lowest BCUT2D eigenvalue weighted by molar-refractivity contribution is 0.587. The summed E-state index contributed by atoms with van der Waals surface area (Å²) in [5, 5.41) is 4.35. The summed E-state index contributed by atoms with van der Waals surface area (Å²) in [5.74, 6) is 0.135. The first-order valence-electron chi connectivity index (χ1n) is 9.76. The van der Waals surface area contributed by atoms with Crippen molar-refractivity contribution < 1.29 is 0 Å². The number of nitrogens with one attached hydrogen (secondary N) is 2. The van der Waals surface area contributed by atoms with Crippen molar-refractivity contribution in [3.63, 3.8) is 0 Å². The van der Waals surface area contributed by atoms with Gasteiger partial charge in [0.15, 0.2) is 0 Å². The zero-order valence-electron chi connectivity index (χ0n) is 15.9. The number of hydrogen-bond donors (Lipinski definition) is 2. The fourth-order valence-corrected chi connectivity index (χ4v) is 4.04. The van der Waals surface area contributed by atoms with Gasteiger partial charge in [-0.05, 0) is 43.4 Å². The third-order valence-electron chi connectivity index (χ3n) is 5.46. The second kappa shape index (κ2) is 7.84. The second-order valence-electron chi connectivity index (χ2n) is 7.20. The van der Waals surface area contributed by atoms with Crippen LogP contribution in [0.2, 0.25) is 0 Å². The number of H-pyrrole nitrogens is 2. The van der Waals surface area contributed by atoms with E-state index in [0.717, 1.165) is 42.8 Å². The van der Waals surface area contributed by atoms with Crippen molar-refractivity contribution in [1.29, 1.82) is 0 Å². The molecule has 144 valence electrons. The van der Waals surface area contributed by atoms with Crippen molar-refractivity contribution in [3.05, 3.63) is 92.0 Å². The number of benzene rings is 1. The molecule has 1 unspecified atom stereocenters. The second-order valence-corrected chi connectivity index (χ2v) is 7.20. The fourth-order valence-electron chi connectivity index (χ4n) is 4.04. The third-order valence-corrected chi connectivity index (χ3v) is 5.46. The van der Waals surface area contributed by atoms with Gasteiger partial charge in [0.2, 0.25) is 0 Å². The minimum atomic E-state index is -0.435. The van der Waals surface area contributed by atoms with Crippen LogP contribution in [0.5, 0.6) is 0 Å². The molecule has 4 rings (SSSR count). The molecule has 1 aromatic carbocycles. The fraction of sp³-hybridized carbons (Fsp3) is 0.318. The first-order chi connectivity index (χ1) is 13.7. The monoisotopic (exact) mass is 376 g/mol. The van der Waals surface area contributed by atoms with Crippen LogP contribution in [-0.4, -0.2) is 19.7 Å². The van der Waals surface area contributed by atoms with Crippen LogP contribution in [0.1, 0.15) is 54.6 Å². The Kier molecular flexibility index (Phi) is 5.10. The number of hydrogen-bond acceptors (Lipinski definition) is 3. The Labute approximate surface area is 163 Å². The summed E-state index contributed by atoms with van der Waals surface area (Å²) in [5.41, 5.74) is 4.21. The molecule has 0 saturated carbocycles. The van der Waals surface area contributed by atoms with E-state index in [4.69, 9.17) is 0 Å². The van der Waals surface area contributed by atoms with Crippen LogP contribution >= 0.6 is 0 Å². The highest BCUT2D eigenvalue weighted by Gasteiger charge is 2.23. The molecular formula is C22H24N4O2. The van der Waals surface area contributed by atoms with Crippen LogP contribution in [0, 0.1) is 0 Å². The molecule has 2 heterocycles. The van der Waals surface area contributed by atoms with E-state index in [1.165, 1.54) is 5.57 Å². The summed E-state index contributed by atoms with van der Waals surface area (Å²) in [6.45, 7) is 2.92. The number of nitrogens with zero attached hydrogens (tertiary/aromatic N) is 2. The molecule has 6 nitrogen and oxygen atoms in total. The summed E-state index contributed by atoms with van der Waals surface area (Å²) < 4.78 is 2.00. The molecule has 0 radical (unpaired) electrons. The maximum Gasteiger partial charge on any atom is 0.325 e. The summed E-state index contributed by atoms with van der Waals surface area (Å²) in [6, 6.07) is 11.9. The van der Waals surface area contributed by atoms with Crippen molar-refractivity contribution in [2.45, 2.75) is 45.1 Å². The van der Waals surface area contributed by atoms with E-state index >= 15 is 0 Å². The molecule has 28 heavy (non-hydrogen) atoms. The minimum Gasteiger partial charge on any atom is -0.311 e. The average Bonchev–Trinajstić information content (AvgIpc) is 3.19. The Morgan fingerprint density at radius 3 is 2.68 bits per heavy atom. The van der Waals surface area contributed by atoms with E-state index in [2.05, 4.69) is 28.1 Å². The van der Waals surface area contributed by atoms with Crippen LogP contribution in [-0.2, 0) is 13.0 Å². The summed E-state index contributed by atoms with van der Waals surface area (Å²) in [4.78, 5) is 29.8. The van der Waals surface area contributed by atoms with Crippen molar-refractivity contribution >= 4 is 5.57 Å². The molecule has 3 aromatic rings. The molecular weight excluding hydrogens is 352 g/mol. The van der Waals surface area contributed by atoms with E-state index in [1.54, 1.807) is 0 Å². The summed E-state index contributed by atoms with van der Waals surface area (Å²) >= 11 is 0. The average molecular weight is 376 g/mol. The highest BCUT2D eigenvalue weighted by Crippen LogP contribution is 2.35. The highest BCUT2D eigenvalue weighted by molar-refractivity contribution is 5.63. The van der Waals surface area contributed by atoms with Gasteiger partial charge in [-0.2, -0.15) is 5.10 Å². The van der Waals surface area contributed by atoms with Gasteiger partial charge in [0.1, 0.15) is 0 Å². The van der Waals surface area contributed by atoms with Gasteiger partial charge in [0.05, 0.1) is 5.69 Å². The van der Waals surface area contributed by atoms with Gasteiger partial charge >= 0.3 is 5.69 Å². The van der Waals surface area contributed by atoms with Crippen LogP contribution < -0.4 is 11.2 Å². The molecule has 2 aromatic heterocycles. The Morgan fingerprint density at radius 2 is 1.96 bits per heavy atom. The van der Waals surface area contributed by atoms with Gasteiger partial charge in [0, 0.05) is 36.3 Å². The molecule has 1 aliphatic carbocycles. The molecule has 1 atom stereocenters. The van der Waals surface area contributed by atoms with Crippen molar-refractivity contribution in [3.8, 4) is 0 Å². The predicted molar refractivity (Wildman–Crippen MR) is 109 cm³/mol. The Hall–Kier alpha value is -3.15. The number of aromatic nitrogens is 4. The highest BCUT2D eigenvalue weighted by atomic mass is 16.2. The van der Waals surface area contributed by atoms with Gasteiger partial charge in [-0.15, -0.1) is 0 Å². The largest absolute Gasteiger partial charge is 0.325 e. The molecule has 6 heteroatoms. The van der Waals surface area contributed by atoms with Gasteiger partial charge in [-0.25, -0.2) is 4.79 Å². The lowest BCUT2D eigenvalue weighted by Gasteiger charge is -2.24. The third kappa shape index (κ3) is 3.63. The maximum atomic E-state index is 12.5. The van der Waals surface area contributed by atoms with Crippen molar-refractivity contribution in [2.75, 3.05) is 0 Å². The van der Waals surface area contributed by atoms with Gasteiger partial charge in [-0.1, -0.05) is 36.4 Å². The van der Waals surface area contributed by atoms with Gasteiger partial charge in [0.25, 0.3) is 5.56 Å². The number of rotatable bonds is 5. The lowest BCUT2D eigenvalue weighted by atomic mass is 9.84. The molecule has 1 aliphatic rings. The van der Waals surface area contributed by atoms with E-state index in [9.17, 15) is 9.59 Å². The van der Waals surface area contributed by atoms with Crippen LogP contribution in [0.4, 0.5) is 0 Å². The lowest BCUT2D eigenvalue weighted by Crippen LogP contribution is -2.30. The number of aryl methyl sites for hydroxylation is 1. The molecule has 0 amide bonds. The summed E-state index contributed by atoms with van der Waals surface area (Å²) in [6.07, 6.45) is 7.16. The molecule has 0 fully saturated rings. The Balaban J connectivity index is 1.65. The smallest absolute Gasteiger partial charge is 0.311 e. The Bertz CT molecular complexity index is 1110. The number of allylic oxidation sites excluding steroid dienone is 2. The predicted octanol–water partition coefficient (Wildman–Crippen LogP) is 3.22. The van der Waals surface area contributed by atoms with Crippen molar-refractivity contribution in [2.24, 2.45) is 0 Å². The van der Waals surface area contributed by atoms with Gasteiger partial charge in [-0.3, -0.25) is 14.5 Å². The Morgan fingerprint density at radius 1 is 1.14 bits per heavy atom. The number of aromatic amines is 2. The van der Waals surface area contributed by atoms with Crippen LogP contribution in [0.25, 0.3) is 5.57 Å². The molecule has 0 bridgehead atoms. The quantitative estimate of drug-likeness (QED) is 0.717. The SMILES string of the molecule is CCn1nccc1C1=CCC(c2[nH]c(=O)[nH]c(=O)c2Cc2ccccc2)CC1. The topological polar surface area (TPSA) is 83.5 Å². The molecule has 2 N–H and O–H groups in total. The standard InChI is InChI=1S/C22H24N4O2/c1-2-26-19(12-13-23-26)16-8-10-17(11-9-16)20-18(21(27)25-22(28)24-20)14-15-6-4-3-5-7-15/h3-8,12-13,17H,2,9-11,14H2,1H3,(H2,24,25,27,28). The first kappa shape index (κ1) is 18.2. The van der Waals surface area contributed by atoms with E-state index in [-0.39, 0.29) is 11.5 Å². The van der Waals surface area contributed by atoms with Crippen LogP contribution in [0.3, 0.4) is 0 Å². The molecule has 0 aliphatic heterocycles. The van der Waals surface area contributed by atoms with Gasteiger partial charge < -0.3 is 4.98 Å². The van der Waals surface area contributed by atoms with Crippen LogP contribution in [0.15, 0.2) is 58.3 Å². The van der Waals surface area contributed by atoms with Crippen molar-refractivity contribution in [1.82, 2.24) is 19.7 Å². The first-order valence-corrected chi connectivity index (χ1v) is 9.76. The zero-order valence-corrected chi connectivity index (χ0v) is 15.9. The van der Waals surface area contributed by atoms with E-state index in [0.29, 0.717) is 12.0 Å².